The van der Waals surface area contributed by atoms with E-state index >= 15 is 0 Å². The van der Waals surface area contributed by atoms with Gasteiger partial charge in [-0.25, -0.2) is 9.67 Å². The third-order valence-corrected chi connectivity index (χ3v) is 6.24. The lowest BCUT2D eigenvalue weighted by molar-refractivity contribution is -0.137. The van der Waals surface area contributed by atoms with Gasteiger partial charge < -0.3 is 9.88 Å². The first-order valence-electron chi connectivity index (χ1n) is 11.6. The SMILES string of the molecule is Cc1cn(-c2cc(C(=O)Nc3ccc(C)c(-n4cc(-c5cnn(C)c5C)nn4)c3)cc(C(F)(F)F)c2)cn1. The Bertz CT molecular complexity index is 1660. The van der Waals surface area contributed by atoms with Gasteiger partial charge in [0.15, 0.2) is 0 Å². The minimum atomic E-state index is -4.63. The summed E-state index contributed by atoms with van der Waals surface area (Å²) in [6.07, 6.45) is 1.82. The van der Waals surface area contributed by atoms with Crippen LogP contribution in [0.3, 0.4) is 0 Å². The molecule has 5 aromatic rings. The zero-order valence-electron chi connectivity index (χ0n) is 20.9. The molecule has 2 aromatic carbocycles. The number of anilines is 1. The number of rotatable bonds is 5. The molecule has 0 fully saturated rings. The summed E-state index contributed by atoms with van der Waals surface area (Å²) < 4.78 is 45.6. The zero-order valence-corrected chi connectivity index (χ0v) is 20.9. The van der Waals surface area contributed by atoms with Crippen LogP contribution in [0.15, 0.2) is 61.3 Å². The first kappa shape index (κ1) is 24.9. The van der Waals surface area contributed by atoms with Gasteiger partial charge in [0.2, 0.25) is 0 Å². The summed E-state index contributed by atoms with van der Waals surface area (Å²) in [4.78, 5) is 17.2. The molecule has 0 radical (unpaired) electrons. The molecule has 0 unspecified atom stereocenters. The van der Waals surface area contributed by atoms with E-state index in [-0.39, 0.29) is 11.3 Å². The summed E-state index contributed by atoms with van der Waals surface area (Å²) in [5.41, 5.74) is 4.05. The molecule has 3 heterocycles. The van der Waals surface area contributed by atoms with E-state index in [1.165, 1.54) is 17.0 Å². The molecule has 0 spiro atoms. The number of aromatic nitrogens is 7. The highest BCUT2D eigenvalue weighted by Gasteiger charge is 2.32. The molecule has 12 heteroatoms. The molecular weight excluding hydrogens is 497 g/mol. The highest BCUT2D eigenvalue weighted by Crippen LogP contribution is 2.32. The molecule has 1 amide bonds. The van der Waals surface area contributed by atoms with Crippen molar-refractivity contribution in [3.8, 4) is 22.6 Å². The molecule has 0 saturated carbocycles. The quantitative estimate of drug-likeness (QED) is 0.350. The van der Waals surface area contributed by atoms with Crippen molar-refractivity contribution in [1.82, 2.24) is 34.3 Å². The highest BCUT2D eigenvalue weighted by atomic mass is 19.4. The van der Waals surface area contributed by atoms with E-state index in [0.717, 1.165) is 29.0 Å². The lowest BCUT2D eigenvalue weighted by Crippen LogP contribution is -2.15. The van der Waals surface area contributed by atoms with E-state index in [0.29, 0.717) is 22.8 Å². The molecule has 9 nitrogen and oxygen atoms in total. The molecule has 194 valence electrons. The fraction of sp³-hybridized carbons (Fsp3) is 0.192. The van der Waals surface area contributed by atoms with Crippen molar-refractivity contribution in [3.63, 3.8) is 0 Å². The van der Waals surface area contributed by atoms with E-state index in [4.69, 9.17) is 0 Å². The standard InChI is InChI=1S/C26H23F3N8O/c1-15-5-6-20(10-24(15)37-13-23(33-34-37)22-11-31-35(4)17(22)3)32-25(38)18-7-19(26(27,28)29)9-21(8-18)36-12-16(2)30-14-36/h5-14H,1-4H3,(H,32,38). The van der Waals surface area contributed by atoms with Gasteiger partial charge >= 0.3 is 6.18 Å². The number of nitrogens with zero attached hydrogens (tertiary/aromatic N) is 7. The molecule has 1 N–H and O–H groups in total. The van der Waals surface area contributed by atoms with Crippen molar-refractivity contribution in [3.05, 3.63) is 89.4 Å². The van der Waals surface area contributed by atoms with Crippen molar-refractivity contribution >= 4 is 11.6 Å². The van der Waals surface area contributed by atoms with Crippen LogP contribution in [0.5, 0.6) is 0 Å². The first-order valence-corrected chi connectivity index (χ1v) is 11.6. The molecule has 0 aliphatic heterocycles. The zero-order chi connectivity index (χ0) is 27.2. The summed E-state index contributed by atoms with van der Waals surface area (Å²) in [7, 11) is 1.84. The third-order valence-electron chi connectivity index (χ3n) is 6.24. The molecule has 3 aromatic heterocycles. The van der Waals surface area contributed by atoms with Crippen molar-refractivity contribution in [1.29, 1.82) is 0 Å². The number of hydrogen-bond donors (Lipinski definition) is 1. The molecule has 0 atom stereocenters. The molecular formula is C26H23F3N8O. The minimum Gasteiger partial charge on any atom is -0.322 e. The maximum atomic E-state index is 13.6. The number of halogens is 3. The Morgan fingerprint density at radius 3 is 2.47 bits per heavy atom. The van der Waals surface area contributed by atoms with Crippen molar-refractivity contribution in [2.24, 2.45) is 7.05 Å². The van der Waals surface area contributed by atoms with Gasteiger partial charge in [-0.3, -0.25) is 9.48 Å². The monoisotopic (exact) mass is 520 g/mol. The predicted octanol–water partition coefficient (Wildman–Crippen LogP) is 5.05. The first-order chi connectivity index (χ1) is 18.0. The van der Waals surface area contributed by atoms with Gasteiger partial charge in [0.05, 0.1) is 35.7 Å². The van der Waals surface area contributed by atoms with Gasteiger partial charge in [-0.15, -0.1) is 5.10 Å². The normalized spacial score (nSPS) is 11.7. The average molecular weight is 521 g/mol. The van der Waals surface area contributed by atoms with Crippen LogP contribution in [0.4, 0.5) is 18.9 Å². The fourth-order valence-electron chi connectivity index (χ4n) is 4.01. The van der Waals surface area contributed by atoms with Crippen LogP contribution < -0.4 is 5.32 Å². The van der Waals surface area contributed by atoms with Crippen LogP contribution in [-0.4, -0.2) is 40.2 Å². The molecule has 5 rings (SSSR count). The number of carbonyl (C=O) groups is 1. The van der Waals surface area contributed by atoms with E-state index < -0.39 is 17.6 Å². The van der Waals surface area contributed by atoms with Crippen molar-refractivity contribution < 1.29 is 18.0 Å². The Hall–Kier alpha value is -4.74. The third kappa shape index (κ3) is 4.80. The second-order valence-corrected chi connectivity index (χ2v) is 8.96. The predicted molar refractivity (Wildman–Crippen MR) is 134 cm³/mol. The summed E-state index contributed by atoms with van der Waals surface area (Å²) in [6.45, 7) is 5.53. The average Bonchev–Trinajstić information content (AvgIpc) is 3.60. The second-order valence-electron chi connectivity index (χ2n) is 8.96. The van der Waals surface area contributed by atoms with Crippen molar-refractivity contribution in [2.75, 3.05) is 5.32 Å². The summed E-state index contributed by atoms with van der Waals surface area (Å²) >= 11 is 0. The number of imidazole rings is 1. The number of nitrogens with one attached hydrogen (secondary N) is 1. The molecule has 0 aliphatic rings. The van der Waals surface area contributed by atoms with Crippen LogP contribution in [-0.2, 0) is 13.2 Å². The van der Waals surface area contributed by atoms with Crippen LogP contribution in [0.1, 0.15) is 32.9 Å². The Balaban J connectivity index is 1.45. The molecule has 38 heavy (non-hydrogen) atoms. The highest BCUT2D eigenvalue weighted by molar-refractivity contribution is 6.05. The fourth-order valence-corrected chi connectivity index (χ4v) is 4.01. The van der Waals surface area contributed by atoms with E-state index in [2.05, 4.69) is 25.7 Å². The van der Waals surface area contributed by atoms with Gasteiger partial charge in [0, 0.05) is 41.4 Å². The number of carbonyl (C=O) groups excluding carboxylic acids is 1. The smallest absolute Gasteiger partial charge is 0.322 e. The van der Waals surface area contributed by atoms with Crippen LogP contribution in [0.2, 0.25) is 0 Å². The Morgan fingerprint density at radius 2 is 1.82 bits per heavy atom. The summed E-state index contributed by atoms with van der Waals surface area (Å²) in [5.74, 6) is -0.686. The Kier molecular flexibility index (Phi) is 6.09. The maximum Gasteiger partial charge on any atom is 0.416 e. The summed E-state index contributed by atoms with van der Waals surface area (Å²) in [5, 5.41) is 15.4. The van der Waals surface area contributed by atoms with Crippen LogP contribution in [0, 0.1) is 20.8 Å². The minimum absolute atomic E-state index is 0.140. The van der Waals surface area contributed by atoms with Crippen LogP contribution in [0.25, 0.3) is 22.6 Å². The lowest BCUT2D eigenvalue weighted by atomic mass is 10.1. The van der Waals surface area contributed by atoms with E-state index in [9.17, 15) is 18.0 Å². The van der Waals surface area contributed by atoms with Gasteiger partial charge in [-0.05, 0) is 56.7 Å². The molecule has 0 saturated heterocycles. The van der Waals surface area contributed by atoms with Gasteiger partial charge in [-0.2, -0.15) is 18.3 Å². The second kappa shape index (κ2) is 9.29. The number of benzene rings is 2. The van der Waals surface area contributed by atoms with Gasteiger partial charge in [0.1, 0.15) is 5.69 Å². The van der Waals surface area contributed by atoms with Crippen LogP contribution >= 0.6 is 0 Å². The number of aryl methyl sites for hydroxylation is 3. The topological polar surface area (TPSA) is 95.5 Å². The number of hydrogen-bond acceptors (Lipinski definition) is 5. The summed E-state index contributed by atoms with van der Waals surface area (Å²) in [6, 6.07) is 8.35. The number of amides is 1. The van der Waals surface area contributed by atoms with Crippen molar-refractivity contribution in [2.45, 2.75) is 26.9 Å². The Morgan fingerprint density at radius 1 is 1.03 bits per heavy atom. The van der Waals surface area contributed by atoms with E-state index in [1.807, 2.05) is 20.9 Å². The largest absolute Gasteiger partial charge is 0.416 e. The van der Waals surface area contributed by atoms with Gasteiger partial charge in [-0.1, -0.05) is 11.3 Å². The van der Waals surface area contributed by atoms with E-state index in [1.54, 1.807) is 53.1 Å². The lowest BCUT2D eigenvalue weighted by Gasteiger charge is -2.14. The Labute approximate surface area is 215 Å². The maximum absolute atomic E-state index is 13.6. The van der Waals surface area contributed by atoms with Gasteiger partial charge in [0.25, 0.3) is 5.91 Å². The molecule has 0 aliphatic carbocycles. The molecule has 0 bridgehead atoms. The number of alkyl halides is 3.